The molecule has 1 aliphatic rings. The van der Waals surface area contributed by atoms with E-state index in [0.29, 0.717) is 42.8 Å². The number of nitrogens with one attached hydrogen (secondary N) is 1. The van der Waals surface area contributed by atoms with E-state index in [4.69, 9.17) is 40.1 Å². The Morgan fingerprint density at radius 1 is 0.981 bits per heavy atom. The summed E-state index contributed by atoms with van der Waals surface area (Å²) in [6.45, 7) is 25.1. The first-order valence-electron chi connectivity index (χ1n) is 19.2. The van der Waals surface area contributed by atoms with Gasteiger partial charge in [0, 0.05) is 50.6 Å². The molecule has 2 aromatic heterocycles. The van der Waals surface area contributed by atoms with Crippen LogP contribution in [-0.4, -0.2) is 88.0 Å². The van der Waals surface area contributed by atoms with Crippen LogP contribution in [0.4, 0.5) is 4.79 Å². The average Bonchev–Trinajstić information content (AvgIpc) is 3.61. The quantitative estimate of drug-likeness (QED) is 0.120. The predicted octanol–water partition coefficient (Wildman–Crippen LogP) is 8.72. The van der Waals surface area contributed by atoms with Gasteiger partial charge < -0.3 is 33.4 Å². The number of amides is 1. The second-order valence-electron chi connectivity index (χ2n) is 16.7. The number of ether oxygens (including phenoxy) is 4. The molecule has 1 atom stereocenters. The lowest BCUT2D eigenvalue weighted by atomic mass is 10.0. The lowest BCUT2D eigenvalue weighted by Gasteiger charge is -2.32. The summed E-state index contributed by atoms with van der Waals surface area (Å²) >= 11 is 6.84. The molecule has 11 nitrogen and oxygen atoms in total. The average molecular weight is 766 g/mol. The van der Waals surface area contributed by atoms with Gasteiger partial charge in [0.1, 0.15) is 28.5 Å². The van der Waals surface area contributed by atoms with Gasteiger partial charge in [-0.1, -0.05) is 28.9 Å². The summed E-state index contributed by atoms with van der Waals surface area (Å²) in [7, 11) is 0. The molecule has 296 valence electrons. The fraction of sp³-hybridized carbons (Fsp3) is 0.595. The van der Waals surface area contributed by atoms with E-state index in [1.165, 1.54) is 0 Å². The fourth-order valence-corrected chi connectivity index (χ4v) is 7.08. The van der Waals surface area contributed by atoms with Crippen molar-refractivity contribution in [2.75, 3.05) is 39.5 Å². The Balaban J connectivity index is 1.21. The highest BCUT2D eigenvalue weighted by Gasteiger charge is 2.26. The molecule has 0 saturated carbocycles. The number of imidazole rings is 1. The number of halogens is 1. The summed E-state index contributed by atoms with van der Waals surface area (Å²) in [5, 5.41) is 7.55. The number of carbonyl (C=O) groups is 1. The van der Waals surface area contributed by atoms with Crippen LogP contribution in [0.5, 0.6) is 5.75 Å². The van der Waals surface area contributed by atoms with Gasteiger partial charge in [0.2, 0.25) is 0 Å². The van der Waals surface area contributed by atoms with Gasteiger partial charge >= 0.3 is 6.09 Å². The molecular weight excluding hydrogens is 706 g/mol. The van der Waals surface area contributed by atoms with Gasteiger partial charge in [-0.3, -0.25) is 4.90 Å². The zero-order chi connectivity index (χ0) is 39.3. The van der Waals surface area contributed by atoms with Crippen molar-refractivity contribution in [2.24, 2.45) is 0 Å². The normalized spacial score (nSPS) is 15.1. The van der Waals surface area contributed by atoms with Gasteiger partial charge in [-0.25, -0.2) is 9.78 Å². The van der Waals surface area contributed by atoms with Gasteiger partial charge in [-0.05, 0) is 117 Å². The molecule has 1 aliphatic heterocycles. The number of carbonyl (C=O) groups excluding carboxylic acids is 1. The molecule has 0 spiro atoms. The van der Waals surface area contributed by atoms with Crippen molar-refractivity contribution >= 4 is 28.7 Å². The van der Waals surface area contributed by atoms with Crippen LogP contribution in [0, 0.1) is 13.8 Å². The molecule has 0 unspecified atom stereocenters. The molecule has 12 heteroatoms. The maximum absolute atomic E-state index is 12.0. The summed E-state index contributed by atoms with van der Waals surface area (Å²) in [6.07, 6.45) is 2.42. The van der Waals surface area contributed by atoms with Crippen LogP contribution in [-0.2, 0) is 33.6 Å². The second-order valence-corrected chi connectivity index (χ2v) is 17.1. The predicted molar refractivity (Wildman–Crippen MR) is 214 cm³/mol. The molecule has 1 saturated heterocycles. The van der Waals surface area contributed by atoms with Crippen LogP contribution in [0.2, 0.25) is 5.02 Å². The first kappa shape index (κ1) is 41.5. The number of benzene rings is 2. The lowest BCUT2D eigenvalue weighted by Crippen LogP contribution is -2.44. The van der Waals surface area contributed by atoms with Crippen molar-refractivity contribution in [2.45, 2.75) is 124 Å². The smallest absolute Gasteiger partial charge is 0.407 e. The van der Waals surface area contributed by atoms with Gasteiger partial charge in [0.25, 0.3) is 0 Å². The number of aryl methyl sites for hydroxylation is 4. The summed E-state index contributed by atoms with van der Waals surface area (Å²) in [6, 6.07) is 12.9. The third kappa shape index (κ3) is 11.4. The van der Waals surface area contributed by atoms with E-state index in [0.717, 1.165) is 90.7 Å². The highest BCUT2D eigenvalue weighted by atomic mass is 35.5. The van der Waals surface area contributed by atoms with Crippen LogP contribution >= 0.6 is 11.6 Å². The number of fused-ring (bicyclic) bond motifs is 1. The summed E-state index contributed by atoms with van der Waals surface area (Å²) in [5.41, 5.74) is 4.69. The zero-order valence-corrected chi connectivity index (χ0v) is 34.7. The Labute approximate surface area is 326 Å². The Morgan fingerprint density at radius 2 is 1.72 bits per heavy atom. The van der Waals surface area contributed by atoms with E-state index in [-0.39, 0.29) is 0 Å². The molecular formula is C42H60ClN5O6. The van der Waals surface area contributed by atoms with E-state index in [1.54, 1.807) is 0 Å². The van der Waals surface area contributed by atoms with Crippen LogP contribution in [0.25, 0.3) is 22.2 Å². The highest BCUT2D eigenvalue weighted by molar-refractivity contribution is 6.32. The maximum atomic E-state index is 12.0. The van der Waals surface area contributed by atoms with E-state index in [1.807, 2.05) is 74.4 Å². The number of morpholine rings is 1. The van der Waals surface area contributed by atoms with Crippen molar-refractivity contribution < 1.29 is 28.3 Å². The Hall–Kier alpha value is -3.64. The van der Waals surface area contributed by atoms with Crippen LogP contribution < -0.4 is 10.1 Å². The number of alkyl carbamates (subject to hydrolysis) is 1. The minimum absolute atomic E-state index is 0.333. The number of rotatable bonds is 16. The van der Waals surface area contributed by atoms with Crippen molar-refractivity contribution in [3.05, 3.63) is 64.3 Å². The van der Waals surface area contributed by atoms with Crippen molar-refractivity contribution in [3.63, 3.8) is 0 Å². The van der Waals surface area contributed by atoms with E-state index in [2.05, 4.69) is 51.1 Å². The molecule has 3 heterocycles. The lowest BCUT2D eigenvalue weighted by molar-refractivity contribution is -0.0446. The number of hydrogen-bond acceptors (Lipinski definition) is 9. The zero-order valence-electron chi connectivity index (χ0n) is 33.9. The molecule has 1 N–H and O–H groups in total. The molecule has 5 rings (SSSR count). The van der Waals surface area contributed by atoms with Gasteiger partial charge in [0.05, 0.1) is 47.2 Å². The van der Waals surface area contributed by atoms with Crippen LogP contribution in [0.1, 0.15) is 91.1 Å². The topological polar surface area (TPSA) is 113 Å². The van der Waals surface area contributed by atoms with Gasteiger partial charge in [-0.2, -0.15) is 0 Å². The number of hydrogen-bond donors (Lipinski definition) is 1. The maximum Gasteiger partial charge on any atom is 0.407 e. The molecule has 4 aromatic rings. The number of nitrogens with zero attached hydrogens (tertiary/aromatic N) is 4. The van der Waals surface area contributed by atoms with Crippen molar-refractivity contribution in [1.29, 1.82) is 0 Å². The Kier molecular flexibility index (Phi) is 13.4. The molecule has 1 amide bonds. The molecule has 1 fully saturated rings. The largest absolute Gasteiger partial charge is 0.486 e. The minimum atomic E-state index is -0.530. The first-order chi connectivity index (χ1) is 25.4. The second kappa shape index (κ2) is 17.4. The minimum Gasteiger partial charge on any atom is -0.486 e. The summed E-state index contributed by atoms with van der Waals surface area (Å²) in [5.74, 6) is 2.49. The first-order valence-corrected chi connectivity index (χ1v) is 19.6. The molecule has 54 heavy (non-hydrogen) atoms. The third-order valence-electron chi connectivity index (χ3n) is 9.88. The monoisotopic (exact) mass is 765 g/mol. The highest BCUT2D eigenvalue weighted by Crippen LogP contribution is 2.33. The Bertz CT molecular complexity index is 1850. The van der Waals surface area contributed by atoms with Crippen molar-refractivity contribution in [1.82, 2.24) is 24.9 Å². The van der Waals surface area contributed by atoms with Gasteiger partial charge in [0.15, 0.2) is 0 Å². The van der Waals surface area contributed by atoms with E-state index >= 15 is 0 Å². The molecule has 2 aromatic carbocycles. The molecule has 0 aliphatic carbocycles. The Morgan fingerprint density at radius 3 is 2.39 bits per heavy atom. The van der Waals surface area contributed by atoms with Crippen LogP contribution in [0.3, 0.4) is 0 Å². The number of aromatic nitrogens is 3. The van der Waals surface area contributed by atoms with Gasteiger partial charge in [-0.15, -0.1) is 0 Å². The van der Waals surface area contributed by atoms with Crippen LogP contribution in [0.15, 0.2) is 40.9 Å². The fourth-order valence-electron chi connectivity index (χ4n) is 6.84. The SMILES string of the molecule is Cc1noc(C)c1-c1ccc2c(c1)nc(CCc1ccc(OC(C)(C)CCOC(C)(C)CCNC(=O)OC(C)(C)C)c(Cl)c1)n2C[C@H](C)N1CCOCC1. The molecule has 0 radical (unpaired) electrons. The summed E-state index contributed by atoms with van der Waals surface area (Å²) < 4.78 is 31.4. The van der Waals surface area contributed by atoms with E-state index in [9.17, 15) is 4.79 Å². The van der Waals surface area contributed by atoms with E-state index < -0.39 is 22.9 Å². The van der Waals surface area contributed by atoms with Crippen molar-refractivity contribution in [3.8, 4) is 16.9 Å². The molecule has 0 bridgehead atoms. The summed E-state index contributed by atoms with van der Waals surface area (Å²) in [4.78, 5) is 19.7. The standard InChI is InChI=1S/C42H60ClN5O6/c1-28(47-20-23-50-24-21-47)27-48-35-14-13-32(38-29(2)46-54-30(38)3)26-34(35)45-37(48)16-12-31-11-15-36(33(43)25-31)52-42(9,10)18-22-51-41(7,8)17-19-44-39(49)53-40(4,5)6/h11,13-15,25-26,28H,12,16-24,27H2,1-10H3,(H,44,49)/t28-/m0/s1. The third-order valence-corrected chi connectivity index (χ3v) is 10.2.